The van der Waals surface area contributed by atoms with E-state index in [1.165, 1.54) is 0 Å². The number of fused-ring (bicyclic) bond motifs is 1. The highest BCUT2D eigenvalue weighted by Crippen LogP contribution is 2.24. The van der Waals surface area contributed by atoms with Gasteiger partial charge in [-0.1, -0.05) is 0 Å². The number of hydrogen-bond acceptors (Lipinski definition) is 6. The fourth-order valence-corrected chi connectivity index (χ4v) is 3.86. The molecule has 0 bridgehead atoms. The van der Waals surface area contributed by atoms with E-state index >= 15 is 0 Å². The number of aliphatic carboxylic acids is 1. The SMILES string of the molecule is O=C(Nc1nc2n(n1)CC(N1CCCC(C(=O)O)C1)CC2)c1ccncc1. The van der Waals surface area contributed by atoms with Gasteiger partial charge in [-0.2, -0.15) is 4.98 Å². The van der Waals surface area contributed by atoms with E-state index in [2.05, 4.69) is 25.3 Å². The van der Waals surface area contributed by atoms with Gasteiger partial charge in [0.25, 0.3) is 5.91 Å². The van der Waals surface area contributed by atoms with E-state index in [1.54, 1.807) is 24.5 Å². The molecule has 0 aliphatic carbocycles. The van der Waals surface area contributed by atoms with Crippen molar-refractivity contribution in [2.45, 2.75) is 38.3 Å². The van der Waals surface area contributed by atoms with Crippen LogP contribution in [-0.4, -0.2) is 60.8 Å². The van der Waals surface area contributed by atoms with Crippen molar-refractivity contribution in [3.63, 3.8) is 0 Å². The maximum absolute atomic E-state index is 12.2. The molecule has 9 heteroatoms. The van der Waals surface area contributed by atoms with Gasteiger partial charge in [0.1, 0.15) is 5.82 Å². The van der Waals surface area contributed by atoms with Crippen LogP contribution in [0, 0.1) is 5.92 Å². The molecule has 0 radical (unpaired) electrons. The van der Waals surface area contributed by atoms with Crippen molar-refractivity contribution in [2.24, 2.45) is 5.92 Å². The Balaban J connectivity index is 1.42. The van der Waals surface area contributed by atoms with Gasteiger partial charge in [0.15, 0.2) is 0 Å². The molecule has 2 atom stereocenters. The van der Waals surface area contributed by atoms with E-state index in [4.69, 9.17) is 0 Å². The highest BCUT2D eigenvalue weighted by molar-refractivity contribution is 6.03. The molecule has 2 unspecified atom stereocenters. The third-order valence-electron chi connectivity index (χ3n) is 5.32. The number of hydrogen-bond donors (Lipinski definition) is 2. The summed E-state index contributed by atoms with van der Waals surface area (Å²) in [6, 6.07) is 3.53. The summed E-state index contributed by atoms with van der Waals surface area (Å²) in [6.07, 6.45) is 6.46. The summed E-state index contributed by atoms with van der Waals surface area (Å²) in [5.74, 6) is -0.112. The Morgan fingerprint density at radius 2 is 2.00 bits per heavy atom. The van der Waals surface area contributed by atoms with E-state index in [0.717, 1.165) is 38.1 Å². The van der Waals surface area contributed by atoms with Crippen LogP contribution in [0.4, 0.5) is 5.95 Å². The molecule has 4 heterocycles. The first-order chi connectivity index (χ1) is 13.1. The molecule has 4 rings (SSSR count). The first kappa shape index (κ1) is 17.6. The normalized spacial score (nSPS) is 22.8. The number of anilines is 1. The van der Waals surface area contributed by atoms with Gasteiger partial charge in [0, 0.05) is 37.0 Å². The van der Waals surface area contributed by atoms with Crippen molar-refractivity contribution in [2.75, 3.05) is 18.4 Å². The van der Waals surface area contributed by atoms with Crippen LogP contribution >= 0.6 is 0 Å². The lowest BCUT2D eigenvalue weighted by atomic mass is 9.95. The lowest BCUT2D eigenvalue weighted by Crippen LogP contribution is -2.48. The Labute approximate surface area is 156 Å². The fraction of sp³-hybridized carbons (Fsp3) is 0.500. The van der Waals surface area contributed by atoms with Crippen LogP contribution in [0.5, 0.6) is 0 Å². The van der Waals surface area contributed by atoms with Crippen LogP contribution in [-0.2, 0) is 17.8 Å². The Hall–Kier alpha value is -2.81. The fourth-order valence-electron chi connectivity index (χ4n) is 3.86. The third-order valence-corrected chi connectivity index (χ3v) is 5.32. The molecule has 2 N–H and O–H groups in total. The second-order valence-corrected chi connectivity index (χ2v) is 7.09. The van der Waals surface area contributed by atoms with Gasteiger partial charge in [0.2, 0.25) is 5.95 Å². The summed E-state index contributed by atoms with van der Waals surface area (Å²) in [6.45, 7) is 2.18. The summed E-state index contributed by atoms with van der Waals surface area (Å²) >= 11 is 0. The number of carbonyl (C=O) groups excluding carboxylic acids is 1. The molecule has 1 amide bonds. The van der Waals surface area contributed by atoms with Crippen molar-refractivity contribution in [1.29, 1.82) is 0 Å². The maximum atomic E-state index is 12.2. The predicted octanol–water partition coefficient (Wildman–Crippen LogP) is 1.04. The smallest absolute Gasteiger partial charge is 0.307 e. The summed E-state index contributed by atoms with van der Waals surface area (Å²) in [5.41, 5.74) is 0.503. The topological polar surface area (TPSA) is 113 Å². The molecule has 9 nitrogen and oxygen atoms in total. The summed E-state index contributed by atoms with van der Waals surface area (Å²) in [4.78, 5) is 34.1. The van der Waals surface area contributed by atoms with Crippen molar-refractivity contribution in [1.82, 2.24) is 24.6 Å². The van der Waals surface area contributed by atoms with Gasteiger partial charge < -0.3 is 5.11 Å². The van der Waals surface area contributed by atoms with Gasteiger partial charge in [0.05, 0.1) is 12.5 Å². The van der Waals surface area contributed by atoms with Gasteiger partial charge in [-0.25, -0.2) is 4.68 Å². The van der Waals surface area contributed by atoms with Gasteiger partial charge in [-0.3, -0.25) is 24.8 Å². The molecule has 0 spiro atoms. The maximum Gasteiger partial charge on any atom is 0.307 e. The highest BCUT2D eigenvalue weighted by Gasteiger charge is 2.32. The average molecular weight is 370 g/mol. The number of nitrogens with one attached hydrogen (secondary N) is 1. The highest BCUT2D eigenvalue weighted by atomic mass is 16.4. The molecular weight excluding hydrogens is 348 g/mol. The molecule has 142 valence electrons. The summed E-state index contributed by atoms with van der Waals surface area (Å²) in [5, 5.41) is 16.5. The third kappa shape index (κ3) is 3.82. The van der Waals surface area contributed by atoms with Gasteiger partial charge in [-0.05, 0) is 37.9 Å². The largest absolute Gasteiger partial charge is 0.481 e. The standard InChI is InChI=1S/C18H22N6O3/c25-16(12-5-7-19-8-6-12)21-18-20-15-4-3-14(11-24(15)22-18)23-9-1-2-13(10-23)17(26)27/h5-8,13-14H,1-4,9-11H2,(H,26,27)(H,21,22,25). The van der Waals surface area contributed by atoms with E-state index in [-0.39, 0.29) is 17.9 Å². The first-order valence-electron chi connectivity index (χ1n) is 9.22. The minimum Gasteiger partial charge on any atom is -0.481 e. The van der Waals surface area contributed by atoms with Crippen molar-refractivity contribution in [3.8, 4) is 0 Å². The number of carboxylic acid groups (broad SMARTS) is 1. The second-order valence-electron chi connectivity index (χ2n) is 7.09. The zero-order valence-corrected chi connectivity index (χ0v) is 14.9. The molecule has 27 heavy (non-hydrogen) atoms. The molecule has 2 aliphatic rings. The minimum atomic E-state index is -0.710. The Morgan fingerprint density at radius 1 is 1.19 bits per heavy atom. The summed E-state index contributed by atoms with van der Waals surface area (Å²) in [7, 11) is 0. The number of carboxylic acids is 1. The van der Waals surface area contributed by atoms with Crippen LogP contribution in [0.2, 0.25) is 0 Å². The second kappa shape index (κ2) is 7.43. The van der Waals surface area contributed by atoms with Crippen LogP contribution in [0.3, 0.4) is 0 Å². The number of amides is 1. The van der Waals surface area contributed by atoms with Crippen LogP contribution in [0.1, 0.15) is 35.4 Å². The average Bonchev–Trinajstić information content (AvgIpc) is 3.10. The molecule has 2 aromatic heterocycles. The number of pyridine rings is 1. The Morgan fingerprint density at radius 3 is 2.78 bits per heavy atom. The number of likely N-dealkylation sites (tertiary alicyclic amines) is 1. The molecule has 1 saturated heterocycles. The molecule has 0 aromatic carbocycles. The zero-order chi connectivity index (χ0) is 18.8. The lowest BCUT2D eigenvalue weighted by Gasteiger charge is -2.38. The van der Waals surface area contributed by atoms with Gasteiger partial charge in [-0.15, -0.1) is 5.10 Å². The Bertz CT molecular complexity index is 837. The monoisotopic (exact) mass is 370 g/mol. The number of aromatic nitrogens is 4. The van der Waals surface area contributed by atoms with E-state index in [1.807, 2.05) is 4.68 Å². The minimum absolute atomic E-state index is 0.255. The van der Waals surface area contributed by atoms with Crippen molar-refractivity contribution >= 4 is 17.8 Å². The number of nitrogens with zero attached hydrogens (tertiary/aromatic N) is 5. The molecule has 1 fully saturated rings. The number of piperidine rings is 1. The van der Waals surface area contributed by atoms with E-state index in [0.29, 0.717) is 24.6 Å². The van der Waals surface area contributed by atoms with E-state index < -0.39 is 5.97 Å². The lowest BCUT2D eigenvalue weighted by molar-refractivity contribution is -0.144. The van der Waals surface area contributed by atoms with Crippen molar-refractivity contribution in [3.05, 3.63) is 35.9 Å². The van der Waals surface area contributed by atoms with E-state index in [9.17, 15) is 14.7 Å². The summed E-state index contributed by atoms with van der Waals surface area (Å²) < 4.78 is 1.83. The zero-order valence-electron chi connectivity index (χ0n) is 14.9. The van der Waals surface area contributed by atoms with Crippen LogP contribution in [0.15, 0.2) is 24.5 Å². The number of aryl methyl sites for hydroxylation is 1. The van der Waals surface area contributed by atoms with Gasteiger partial charge >= 0.3 is 5.97 Å². The van der Waals surface area contributed by atoms with Crippen molar-refractivity contribution < 1.29 is 14.7 Å². The molecule has 0 saturated carbocycles. The first-order valence-corrected chi connectivity index (χ1v) is 9.22. The van der Waals surface area contributed by atoms with Crippen LogP contribution in [0.25, 0.3) is 0 Å². The van der Waals surface area contributed by atoms with Crippen LogP contribution < -0.4 is 5.32 Å². The molecule has 2 aliphatic heterocycles. The number of rotatable bonds is 4. The number of carbonyl (C=O) groups is 2. The molecular formula is C18H22N6O3. The quantitative estimate of drug-likeness (QED) is 0.826. The Kier molecular flexibility index (Phi) is 4.85. The molecule has 2 aromatic rings. The predicted molar refractivity (Wildman–Crippen MR) is 96.3 cm³/mol.